The molecule has 0 aliphatic heterocycles. The highest BCUT2D eigenvalue weighted by Gasteiger charge is 2.38. The summed E-state index contributed by atoms with van der Waals surface area (Å²) in [5.41, 5.74) is 7.08. The lowest BCUT2D eigenvalue weighted by molar-refractivity contribution is 0.331. The van der Waals surface area contributed by atoms with Gasteiger partial charge in [-0.05, 0) is 118 Å². The number of nitrogens with one attached hydrogen (secondary N) is 2. The molecule has 2 N–H and O–H groups in total. The van der Waals surface area contributed by atoms with Gasteiger partial charge in [-0.3, -0.25) is 4.72 Å². The molecular weight excluding hydrogens is 581 g/mol. The van der Waals surface area contributed by atoms with Gasteiger partial charge < -0.3 is 4.72 Å². The number of benzene rings is 4. The van der Waals surface area contributed by atoms with Crippen LogP contribution >= 0.6 is 11.9 Å². The van der Waals surface area contributed by atoms with Crippen molar-refractivity contribution in [1.82, 2.24) is 0 Å². The van der Waals surface area contributed by atoms with Gasteiger partial charge in [0.1, 0.15) is 0 Å². The Balaban J connectivity index is 1.28. The Labute approximate surface area is 268 Å². The van der Waals surface area contributed by atoms with Crippen molar-refractivity contribution >= 4 is 44.1 Å². The quantitative estimate of drug-likeness (QED) is 0.209. The highest BCUT2D eigenvalue weighted by Crippen LogP contribution is 2.48. The van der Waals surface area contributed by atoms with Crippen molar-refractivity contribution in [1.29, 1.82) is 0 Å². The van der Waals surface area contributed by atoms with Crippen molar-refractivity contribution in [3.05, 3.63) is 95.1 Å². The second kappa shape index (κ2) is 10.6. The third kappa shape index (κ3) is 5.53. The number of fused-ring (bicyclic) bond motifs is 3. The third-order valence-corrected chi connectivity index (χ3v) is 12.6. The summed E-state index contributed by atoms with van der Waals surface area (Å²) in [7, 11) is -3.80. The van der Waals surface area contributed by atoms with E-state index < -0.39 is 10.0 Å². The lowest BCUT2D eigenvalue weighted by atomic mass is 9.63. The normalized spacial score (nSPS) is 19.5. The Bertz CT molecular complexity index is 1870. The van der Waals surface area contributed by atoms with E-state index in [9.17, 15) is 8.42 Å². The molecule has 232 valence electrons. The Morgan fingerprint density at radius 2 is 1.05 bits per heavy atom. The van der Waals surface area contributed by atoms with Gasteiger partial charge in [0.15, 0.2) is 0 Å². The summed E-state index contributed by atoms with van der Waals surface area (Å²) in [6.07, 6.45) is 4.49. The summed E-state index contributed by atoms with van der Waals surface area (Å²) in [5, 5.41) is 1.82. The molecule has 0 bridgehead atoms. The number of rotatable bonds is 6. The number of anilines is 2. The van der Waals surface area contributed by atoms with Crippen LogP contribution in [0, 0.1) is 0 Å². The smallest absolute Gasteiger partial charge is 0.261 e. The third-order valence-electron chi connectivity index (χ3n) is 10.4. The second-order valence-corrected chi connectivity index (χ2v) is 18.0. The molecule has 2 aliphatic rings. The van der Waals surface area contributed by atoms with Crippen molar-refractivity contribution in [3.8, 4) is 0 Å². The first-order valence-corrected chi connectivity index (χ1v) is 18.1. The van der Waals surface area contributed by atoms with Gasteiger partial charge in [-0.25, -0.2) is 8.42 Å². The van der Waals surface area contributed by atoms with Crippen LogP contribution in [0.5, 0.6) is 0 Å². The molecule has 6 heteroatoms. The van der Waals surface area contributed by atoms with Crippen LogP contribution in [-0.2, 0) is 31.7 Å². The van der Waals surface area contributed by atoms with Crippen LogP contribution in [-0.4, -0.2) is 8.42 Å². The molecule has 0 saturated carbocycles. The molecule has 4 nitrogen and oxygen atoms in total. The zero-order valence-corrected chi connectivity index (χ0v) is 29.0. The first kappa shape index (κ1) is 31.0. The Morgan fingerprint density at radius 1 is 0.568 bits per heavy atom. The molecular formula is C38H46N2O2S2. The van der Waals surface area contributed by atoms with Crippen molar-refractivity contribution in [3.63, 3.8) is 0 Å². The largest absolute Gasteiger partial charge is 0.325 e. The molecule has 44 heavy (non-hydrogen) atoms. The van der Waals surface area contributed by atoms with E-state index in [0.717, 1.165) is 34.9 Å². The first-order chi connectivity index (χ1) is 20.5. The Kier molecular flexibility index (Phi) is 7.45. The second-order valence-electron chi connectivity index (χ2n) is 15.5. The van der Waals surface area contributed by atoms with Crippen LogP contribution in [0.1, 0.15) is 103 Å². The van der Waals surface area contributed by atoms with E-state index in [4.69, 9.17) is 0 Å². The maximum absolute atomic E-state index is 13.8. The van der Waals surface area contributed by atoms with E-state index in [1.54, 1.807) is 18.0 Å². The molecule has 0 aromatic heterocycles. The van der Waals surface area contributed by atoms with Crippen molar-refractivity contribution in [2.45, 2.75) is 113 Å². The molecule has 0 heterocycles. The number of hydrogen-bond donors (Lipinski definition) is 2. The maximum atomic E-state index is 13.8. The Morgan fingerprint density at radius 3 is 1.64 bits per heavy atom. The summed E-state index contributed by atoms with van der Waals surface area (Å²) in [4.78, 5) is 1.48. The van der Waals surface area contributed by atoms with Crippen LogP contribution < -0.4 is 9.44 Å². The number of sulfonamides is 1. The minimum absolute atomic E-state index is 0.0313. The molecule has 6 rings (SSSR count). The predicted molar refractivity (Wildman–Crippen MR) is 188 cm³/mol. The van der Waals surface area contributed by atoms with Crippen molar-refractivity contribution in [2.75, 3.05) is 9.44 Å². The van der Waals surface area contributed by atoms with Gasteiger partial charge in [-0.15, -0.1) is 0 Å². The average Bonchev–Trinajstić information content (AvgIpc) is 2.97. The SMILES string of the molecule is CC1(C)CCC(C)(C)c2cc(SNc3ccc(NS(=O)(=O)c4ccc5c(c4)C(C)(C)CCC5(C)C)c4ccccc34)ccc21. The average molecular weight is 627 g/mol. The highest BCUT2D eigenvalue weighted by molar-refractivity contribution is 8.00. The maximum Gasteiger partial charge on any atom is 0.261 e. The molecule has 4 aromatic carbocycles. The zero-order valence-electron chi connectivity index (χ0n) is 27.4. The van der Waals surface area contributed by atoms with E-state index in [2.05, 4.69) is 83.0 Å². The lowest BCUT2D eigenvalue weighted by Crippen LogP contribution is -2.34. The van der Waals surface area contributed by atoms with Crippen LogP contribution in [0.4, 0.5) is 11.4 Å². The van der Waals surface area contributed by atoms with Gasteiger partial charge >= 0.3 is 0 Å². The summed E-state index contributed by atoms with van der Waals surface area (Å²) in [6.45, 7) is 18.3. The lowest BCUT2D eigenvalue weighted by Gasteiger charge is -2.42. The number of hydrogen-bond acceptors (Lipinski definition) is 4. The molecule has 4 aromatic rings. The minimum atomic E-state index is -3.80. The van der Waals surface area contributed by atoms with E-state index in [-0.39, 0.29) is 21.7 Å². The van der Waals surface area contributed by atoms with Gasteiger partial charge in [-0.2, -0.15) is 0 Å². The molecule has 0 spiro atoms. The first-order valence-electron chi connectivity index (χ1n) is 15.8. The van der Waals surface area contributed by atoms with Crippen LogP contribution in [0.25, 0.3) is 10.8 Å². The molecule has 0 atom stereocenters. The van der Waals surface area contributed by atoms with E-state index in [1.165, 1.54) is 34.4 Å². The fourth-order valence-electron chi connectivity index (χ4n) is 7.16. The van der Waals surface area contributed by atoms with Crippen LogP contribution in [0.3, 0.4) is 0 Å². The van der Waals surface area contributed by atoms with Crippen molar-refractivity contribution in [2.24, 2.45) is 0 Å². The van der Waals surface area contributed by atoms with Gasteiger partial charge in [0, 0.05) is 15.7 Å². The fourth-order valence-corrected chi connectivity index (χ4v) is 8.99. The fraction of sp³-hybridized carbons (Fsp3) is 0.421. The molecule has 0 amide bonds. The van der Waals surface area contributed by atoms with E-state index >= 15 is 0 Å². The molecule has 0 fully saturated rings. The molecule has 2 aliphatic carbocycles. The van der Waals surface area contributed by atoms with Gasteiger partial charge in [0.2, 0.25) is 0 Å². The predicted octanol–water partition coefficient (Wildman–Crippen LogP) is 10.5. The molecule has 0 saturated heterocycles. The van der Waals surface area contributed by atoms with Gasteiger partial charge in [0.25, 0.3) is 10.0 Å². The highest BCUT2D eigenvalue weighted by atomic mass is 32.2. The van der Waals surface area contributed by atoms with Gasteiger partial charge in [-0.1, -0.05) is 91.8 Å². The molecule has 0 unspecified atom stereocenters. The van der Waals surface area contributed by atoms with Crippen molar-refractivity contribution < 1.29 is 8.42 Å². The summed E-state index contributed by atoms with van der Waals surface area (Å²) < 4.78 is 34.1. The summed E-state index contributed by atoms with van der Waals surface area (Å²) in [5.74, 6) is 0. The topological polar surface area (TPSA) is 58.2 Å². The Hall–Kier alpha value is -2.96. The van der Waals surface area contributed by atoms with E-state index in [1.807, 2.05) is 48.5 Å². The zero-order chi connectivity index (χ0) is 31.7. The monoisotopic (exact) mass is 626 g/mol. The summed E-state index contributed by atoms with van der Waals surface area (Å²) >= 11 is 1.60. The van der Waals surface area contributed by atoms with E-state index in [0.29, 0.717) is 10.6 Å². The summed E-state index contributed by atoms with van der Waals surface area (Å²) in [6, 6.07) is 24.3. The standard InChI is InChI=1S/C38H46N2O2S2/c1-35(2)19-21-37(5,6)31-23-25(13-15-29(31)35)43-39-33-17-18-34(28-12-10-9-11-27(28)33)40-44(41,42)26-14-16-30-32(24-26)38(7,8)22-20-36(30,3)4/h9-18,23-24,39-40H,19-22H2,1-8H3. The molecule has 0 radical (unpaired) electrons. The van der Waals surface area contributed by atoms with Gasteiger partial charge in [0.05, 0.1) is 16.3 Å². The minimum Gasteiger partial charge on any atom is -0.325 e. The van der Waals surface area contributed by atoms with Crippen LogP contribution in [0.15, 0.2) is 82.6 Å². The van der Waals surface area contributed by atoms with Crippen LogP contribution in [0.2, 0.25) is 0 Å².